The van der Waals surface area contributed by atoms with Crippen LogP contribution >= 0.6 is 0 Å². The summed E-state index contributed by atoms with van der Waals surface area (Å²) in [6.45, 7) is 6.82. The van der Waals surface area contributed by atoms with Gasteiger partial charge in [-0.3, -0.25) is 0 Å². The quantitative estimate of drug-likeness (QED) is 0.412. The highest BCUT2D eigenvalue weighted by Gasteiger charge is 2.59. The van der Waals surface area contributed by atoms with Crippen molar-refractivity contribution in [2.45, 2.75) is 52.2 Å². The zero-order valence-corrected chi connectivity index (χ0v) is 8.22. The first-order chi connectivity index (χ1) is 5.55. The van der Waals surface area contributed by atoms with Gasteiger partial charge in [0.2, 0.25) is 5.79 Å². The molecule has 1 aliphatic heterocycles. The van der Waals surface area contributed by atoms with Gasteiger partial charge in [0.25, 0.3) is 0 Å². The van der Waals surface area contributed by atoms with Gasteiger partial charge in [-0.25, -0.2) is 0 Å². The van der Waals surface area contributed by atoms with E-state index in [9.17, 15) is 0 Å². The molecule has 1 saturated carbocycles. The summed E-state index contributed by atoms with van der Waals surface area (Å²) in [5.41, 5.74) is 0.316. The smallest absolute Gasteiger partial charge is 0.195 e. The molecule has 1 aliphatic carbocycles. The van der Waals surface area contributed by atoms with Gasteiger partial charge < -0.3 is 0 Å². The predicted molar refractivity (Wildman–Crippen MR) is 46.3 cm³/mol. The van der Waals surface area contributed by atoms with Crippen LogP contribution in [-0.2, 0) is 9.78 Å². The number of rotatable bonds is 0. The Balaban J connectivity index is 2.12. The molecule has 2 nitrogen and oxygen atoms in total. The molecular formula is C10H18O2. The molecule has 1 heterocycles. The third-order valence-corrected chi connectivity index (χ3v) is 3.14. The Hall–Kier alpha value is -0.0800. The minimum atomic E-state index is -0.170. The van der Waals surface area contributed by atoms with Gasteiger partial charge in [-0.1, -0.05) is 27.2 Å². The van der Waals surface area contributed by atoms with Crippen molar-refractivity contribution in [2.75, 3.05) is 0 Å². The molecule has 0 N–H and O–H groups in total. The van der Waals surface area contributed by atoms with Gasteiger partial charge >= 0.3 is 0 Å². The van der Waals surface area contributed by atoms with Crippen LogP contribution in [-0.4, -0.2) is 5.79 Å². The molecule has 0 bridgehead atoms. The first kappa shape index (κ1) is 8.52. The molecule has 2 fully saturated rings. The summed E-state index contributed by atoms with van der Waals surface area (Å²) in [5, 5.41) is 0. The Bertz CT molecular complexity index is 177. The van der Waals surface area contributed by atoms with Crippen molar-refractivity contribution < 1.29 is 9.78 Å². The Labute approximate surface area is 74.2 Å². The normalized spacial score (nSPS) is 33.8. The zero-order valence-electron chi connectivity index (χ0n) is 8.22. The summed E-state index contributed by atoms with van der Waals surface area (Å²) < 4.78 is 0. The molecule has 0 aromatic carbocycles. The van der Waals surface area contributed by atoms with Crippen LogP contribution in [0.2, 0.25) is 0 Å². The van der Waals surface area contributed by atoms with Crippen molar-refractivity contribution in [3.05, 3.63) is 0 Å². The van der Waals surface area contributed by atoms with E-state index >= 15 is 0 Å². The fourth-order valence-electron chi connectivity index (χ4n) is 2.46. The van der Waals surface area contributed by atoms with E-state index in [0.29, 0.717) is 11.3 Å². The molecule has 70 valence electrons. The maximum Gasteiger partial charge on any atom is 0.237 e. The van der Waals surface area contributed by atoms with Crippen LogP contribution < -0.4 is 0 Å². The lowest BCUT2D eigenvalue weighted by Gasteiger charge is -2.35. The Morgan fingerprint density at radius 2 is 1.83 bits per heavy atom. The molecule has 0 amide bonds. The van der Waals surface area contributed by atoms with Gasteiger partial charge in [0.1, 0.15) is 0 Å². The minimum absolute atomic E-state index is 0.170. The van der Waals surface area contributed by atoms with E-state index in [-0.39, 0.29) is 5.79 Å². The Morgan fingerprint density at radius 3 is 2.25 bits per heavy atom. The average Bonchev–Trinajstić information content (AvgIpc) is 2.68. The number of hydrogen-bond donors (Lipinski definition) is 0. The molecule has 1 saturated heterocycles. The van der Waals surface area contributed by atoms with E-state index in [0.717, 1.165) is 6.42 Å². The average molecular weight is 170 g/mol. The highest BCUT2D eigenvalue weighted by molar-refractivity contribution is 4.93. The highest BCUT2D eigenvalue weighted by atomic mass is 17.4. The second kappa shape index (κ2) is 2.46. The minimum Gasteiger partial charge on any atom is -0.195 e. The molecule has 1 spiro atoms. The lowest BCUT2D eigenvalue weighted by molar-refractivity contribution is 0.0685. The molecule has 2 heteroatoms. The predicted octanol–water partition coefficient (Wildman–Crippen LogP) is 2.88. The summed E-state index contributed by atoms with van der Waals surface area (Å²) in [6, 6.07) is 0. The Morgan fingerprint density at radius 1 is 1.17 bits per heavy atom. The molecule has 12 heavy (non-hydrogen) atoms. The van der Waals surface area contributed by atoms with Crippen molar-refractivity contribution in [1.82, 2.24) is 0 Å². The van der Waals surface area contributed by atoms with Gasteiger partial charge in [0, 0.05) is 12.3 Å². The molecule has 0 aromatic heterocycles. The van der Waals surface area contributed by atoms with Crippen LogP contribution in [0.5, 0.6) is 0 Å². The van der Waals surface area contributed by atoms with Gasteiger partial charge in [0.05, 0.1) is 0 Å². The van der Waals surface area contributed by atoms with Crippen LogP contribution in [0.4, 0.5) is 0 Å². The topological polar surface area (TPSA) is 25.1 Å². The maximum absolute atomic E-state index is 5.18. The van der Waals surface area contributed by atoms with Gasteiger partial charge in [-0.15, -0.1) is 0 Å². The molecule has 2 rings (SSSR count). The standard InChI is InChI=1S/C10H18O2/c1-9(2,3)8-6-4-5-7-10(8)11-12-10/h8H,4-7H2,1-3H3. The molecule has 0 aromatic rings. The molecule has 1 unspecified atom stereocenters. The third-order valence-electron chi connectivity index (χ3n) is 3.14. The zero-order chi connectivity index (χ0) is 8.82. The first-order valence-electron chi connectivity index (χ1n) is 4.91. The van der Waals surface area contributed by atoms with E-state index in [2.05, 4.69) is 20.8 Å². The fourth-order valence-corrected chi connectivity index (χ4v) is 2.46. The Kier molecular flexibility index (Phi) is 1.74. The summed E-state index contributed by atoms with van der Waals surface area (Å²) in [4.78, 5) is 10.4. The largest absolute Gasteiger partial charge is 0.237 e. The van der Waals surface area contributed by atoms with E-state index in [1.54, 1.807) is 0 Å². The summed E-state index contributed by atoms with van der Waals surface area (Å²) in [6.07, 6.45) is 4.93. The monoisotopic (exact) mass is 170 g/mol. The van der Waals surface area contributed by atoms with Crippen molar-refractivity contribution in [3.63, 3.8) is 0 Å². The maximum atomic E-state index is 5.18. The SMILES string of the molecule is CC(C)(C)C1CCCCC12OO2. The van der Waals surface area contributed by atoms with E-state index < -0.39 is 0 Å². The lowest BCUT2D eigenvalue weighted by Crippen LogP contribution is -2.37. The molecule has 2 aliphatic rings. The second-order valence-corrected chi connectivity index (χ2v) is 5.14. The van der Waals surface area contributed by atoms with Crippen LogP contribution in [0.3, 0.4) is 0 Å². The lowest BCUT2D eigenvalue weighted by atomic mass is 9.69. The van der Waals surface area contributed by atoms with Gasteiger partial charge in [-0.2, -0.15) is 9.78 Å². The van der Waals surface area contributed by atoms with E-state index in [1.165, 1.54) is 19.3 Å². The number of hydrogen-bond acceptors (Lipinski definition) is 2. The third kappa shape index (κ3) is 1.27. The van der Waals surface area contributed by atoms with Crippen molar-refractivity contribution in [3.8, 4) is 0 Å². The van der Waals surface area contributed by atoms with Crippen LogP contribution in [0, 0.1) is 11.3 Å². The van der Waals surface area contributed by atoms with E-state index in [4.69, 9.17) is 9.78 Å². The first-order valence-corrected chi connectivity index (χ1v) is 4.91. The van der Waals surface area contributed by atoms with Crippen LogP contribution in [0.15, 0.2) is 0 Å². The summed E-state index contributed by atoms with van der Waals surface area (Å²) in [7, 11) is 0. The van der Waals surface area contributed by atoms with Gasteiger partial charge in [0.15, 0.2) is 0 Å². The fraction of sp³-hybridized carbons (Fsp3) is 1.00. The summed E-state index contributed by atoms with van der Waals surface area (Å²) >= 11 is 0. The summed E-state index contributed by atoms with van der Waals surface area (Å²) in [5.74, 6) is 0.412. The molecular weight excluding hydrogens is 152 g/mol. The van der Waals surface area contributed by atoms with Crippen molar-refractivity contribution in [2.24, 2.45) is 11.3 Å². The van der Waals surface area contributed by atoms with Crippen molar-refractivity contribution >= 4 is 0 Å². The van der Waals surface area contributed by atoms with Crippen LogP contribution in [0.1, 0.15) is 46.5 Å². The van der Waals surface area contributed by atoms with E-state index in [1.807, 2.05) is 0 Å². The molecule has 1 atom stereocenters. The second-order valence-electron chi connectivity index (χ2n) is 5.14. The molecule has 0 radical (unpaired) electrons. The van der Waals surface area contributed by atoms with Gasteiger partial charge in [-0.05, 0) is 18.3 Å². The van der Waals surface area contributed by atoms with Crippen LogP contribution in [0.25, 0.3) is 0 Å². The van der Waals surface area contributed by atoms with Crippen molar-refractivity contribution in [1.29, 1.82) is 0 Å². The highest BCUT2D eigenvalue weighted by Crippen LogP contribution is 2.53.